The topological polar surface area (TPSA) is 89.2 Å². The molecule has 2 N–H and O–H groups in total. The summed E-state index contributed by atoms with van der Waals surface area (Å²) < 4.78 is 6.95. The number of rotatable bonds is 2. The maximum Gasteiger partial charge on any atom is 0.226 e. The first-order valence-electron chi connectivity index (χ1n) is 9.46. The number of nitrogens with two attached hydrogens (primary N) is 1. The minimum Gasteiger partial charge on any atom is -0.367 e. The SMILES string of the molecule is CC(C)N1CCc2noc(N)c2C1.CC(C)N1Cc2cnnn2CC1C. The Balaban J connectivity index is 0.000000151. The Bertz CT molecular complexity index is 721. The van der Waals surface area contributed by atoms with Gasteiger partial charge in [0.2, 0.25) is 5.88 Å². The van der Waals surface area contributed by atoms with Crippen LogP contribution in [0.1, 0.15) is 51.6 Å². The Morgan fingerprint density at radius 2 is 1.96 bits per heavy atom. The summed E-state index contributed by atoms with van der Waals surface area (Å²) in [6.45, 7) is 15.0. The molecule has 144 valence electrons. The van der Waals surface area contributed by atoms with Gasteiger partial charge in [0.15, 0.2) is 0 Å². The van der Waals surface area contributed by atoms with Gasteiger partial charge < -0.3 is 10.3 Å². The average molecular weight is 361 g/mol. The molecule has 0 bridgehead atoms. The Hall–Kier alpha value is -1.93. The normalized spacial score (nSPS) is 20.7. The van der Waals surface area contributed by atoms with Crippen LogP contribution in [-0.2, 0) is 26.1 Å². The quantitative estimate of drug-likeness (QED) is 0.874. The summed E-state index contributed by atoms with van der Waals surface area (Å²) in [7, 11) is 0. The van der Waals surface area contributed by atoms with Crippen LogP contribution in [-0.4, -0.2) is 54.6 Å². The molecular weight excluding hydrogens is 330 g/mol. The summed E-state index contributed by atoms with van der Waals surface area (Å²) in [5.74, 6) is 0.486. The number of hydrogen-bond acceptors (Lipinski definition) is 7. The Labute approximate surface area is 155 Å². The van der Waals surface area contributed by atoms with Crippen LogP contribution in [0.3, 0.4) is 0 Å². The summed E-state index contributed by atoms with van der Waals surface area (Å²) in [5.41, 5.74) is 9.02. The maximum absolute atomic E-state index is 5.67. The molecule has 8 heteroatoms. The highest BCUT2D eigenvalue weighted by atomic mass is 16.5. The molecule has 2 aromatic heterocycles. The van der Waals surface area contributed by atoms with Crippen molar-refractivity contribution in [3.8, 4) is 0 Å². The molecule has 2 aromatic rings. The molecule has 2 aliphatic rings. The first-order valence-corrected chi connectivity index (χ1v) is 9.46. The molecule has 8 nitrogen and oxygen atoms in total. The van der Waals surface area contributed by atoms with E-state index < -0.39 is 0 Å². The Kier molecular flexibility index (Phi) is 5.62. The maximum atomic E-state index is 5.67. The van der Waals surface area contributed by atoms with Crippen molar-refractivity contribution in [3.05, 3.63) is 23.1 Å². The zero-order chi connectivity index (χ0) is 18.8. The second kappa shape index (κ2) is 7.75. The van der Waals surface area contributed by atoms with E-state index in [1.807, 2.05) is 10.9 Å². The number of aromatic nitrogens is 4. The van der Waals surface area contributed by atoms with E-state index in [1.165, 1.54) is 5.69 Å². The van der Waals surface area contributed by atoms with E-state index in [1.54, 1.807) is 0 Å². The lowest BCUT2D eigenvalue weighted by Gasteiger charge is -2.36. The smallest absolute Gasteiger partial charge is 0.226 e. The summed E-state index contributed by atoms with van der Waals surface area (Å²) >= 11 is 0. The molecule has 0 radical (unpaired) electrons. The highest BCUT2D eigenvalue weighted by molar-refractivity contribution is 5.40. The minimum atomic E-state index is 0.486. The van der Waals surface area contributed by atoms with E-state index >= 15 is 0 Å². The van der Waals surface area contributed by atoms with E-state index in [0.717, 1.165) is 43.9 Å². The first-order chi connectivity index (χ1) is 12.4. The fourth-order valence-electron chi connectivity index (χ4n) is 3.64. The van der Waals surface area contributed by atoms with Crippen molar-refractivity contribution in [1.82, 2.24) is 30.0 Å². The van der Waals surface area contributed by atoms with Crippen LogP contribution >= 0.6 is 0 Å². The molecule has 0 saturated carbocycles. The van der Waals surface area contributed by atoms with Gasteiger partial charge in [-0.05, 0) is 34.6 Å². The number of anilines is 1. The van der Waals surface area contributed by atoms with Crippen LogP contribution in [0.2, 0.25) is 0 Å². The number of nitrogens with zero attached hydrogens (tertiary/aromatic N) is 6. The van der Waals surface area contributed by atoms with Crippen molar-refractivity contribution in [1.29, 1.82) is 0 Å². The standard InChI is InChI=1S/C9H16N4.C9H15N3O/c1-7(2)12-6-9-4-10-11-13(9)5-8(12)3;1-6(2)12-4-3-8-7(5-12)9(10)13-11-8/h4,7-8H,5-6H2,1-3H3;6H,3-5,10H2,1-2H3. The fraction of sp³-hybridized carbons (Fsp3) is 0.722. The number of fused-ring (bicyclic) bond motifs is 2. The molecule has 4 rings (SSSR count). The van der Waals surface area contributed by atoms with Gasteiger partial charge in [-0.2, -0.15) is 0 Å². The largest absolute Gasteiger partial charge is 0.367 e. The summed E-state index contributed by atoms with van der Waals surface area (Å²) in [6.07, 6.45) is 2.81. The Morgan fingerprint density at radius 1 is 1.19 bits per heavy atom. The molecule has 0 aliphatic carbocycles. The van der Waals surface area contributed by atoms with Crippen LogP contribution in [0.15, 0.2) is 10.7 Å². The highest BCUT2D eigenvalue weighted by Crippen LogP contribution is 2.24. The minimum absolute atomic E-state index is 0.486. The van der Waals surface area contributed by atoms with Gasteiger partial charge in [-0.15, -0.1) is 5.10 Å². The van der Waals surface area contributed by atoms with Crippen molar-refractivity contribution in [3.63, 3.8) is 0 Å². The molecular formula is C18H31N7O. The Morgan fingerprint density at radius 3 is 2.65 bits per heavy atom. The lowest BCUT2D eigenvalue weighted by atomic mass is 10.1. The first kappa shape index (κ1) is 18.8. The summed E-state index contributed by atoms with van der Waals surface area (Å²) in [4.78, 5) is 4.84. The van der Waals surface area contributed by atoms with Crippen molar-refractivity contribution >= 4 is 5.88 Å². The van der Waals surface area contributed by atoms with Crippen molar-refractivity contribution in [2.24, 2.45) is 0 Å². The number of hydrogen-bond donors (Lipinski definition) is 1. The predicted molar refractivity (Wildman–Crippen MR) is 100 cm³/mol. The lowest BCUT2D eigenvalue weighted by molar-refractivity contribution is 0.109. The van der Waals surface area contributed by atoms with Gasteiger partial charge in [0.1, 0.15) is 0 Å². The molecule has 4 heterocycles. The molecule has 1 unspecified atom stereocenters. The van der Waals surface area contributed by atoms with Gasteiger partial charge in [-0.25, -0.2) is 4.68 Å². The van der Waals surface area contributed by atoms with E-state index in [0.29, 0.717) is 24.0 Å². The van der Waals surface area contributed by atoms with E-state index in [-0.39, 0.29) is 0 Å². The van der Waals surface area contributed by atoms with Crippen LogP contribution in [0.4, 0.5) is 5.88 Å². The van der Waals surface area contributed by atoms with E-state index in [9.17, 15) is 0 Å². The molecule has 0 fully saturated rings. The van der Waals surface area contributed by atoms with Crippen LogP contribution in [0.5, 0.6) is 0 Å². The molecule has 2 aliphatic heterocycles. The second-order valence-electron chi connectivity index (χ2n) is 7.81. The molecule has 0 saturated heterocycles. The van der Waals surface area contributed by atoms with Gasteiger partial charge in [-0.1, -0.05) is 10.4 Å². The molecule has 1 atom stereocenters. The average Bonchev–Trinajstić information content (AvgIpc) is 3.20. The van der Waals surface area contributed by atoms with Gasteiger partial charge in [0.05, 0.1) is 29.7 Å². The van der Waals surface area contributed by atoms with Crippen LogP contribution in [0.25, 0.3) is 0 Å². The van der Waals surface area contributed by atoms with E-state index in [2.05, 4.69) is 59.9 Å². The second-order valence-corrected chi connectivity index (χ2v) is 7.81. The molecule has 0 spiro atoms. The van der Waals surface area contributed by atoms with Gasteiger partial charge in [-0.3, -0.25) is 9.80 Å². The number of nitrogen functional groups attached to an aromatic ring is 1. The summed E-state index contributed by atoms with van der Waals surface area (Å²) in [5, 5.41) is 11.9. The van der Waals surface area contributed by atoms with Crippen LogP contribution in [0, 0.1) is 0 Å². The van der Waals surface area contributed by atoms with Gasteiger partial charge in [0, 0.05) is 44.2 Å². The van der Waals surface area contributed by atoms with Gasteiger partial charge >= 0.3 is 0 Å². The molecule has 26 heavy (non-hydrogen) atoms. The lowest BCUT2D eigenvalue weighted by Crippen LogP contribution is -2.44. The van der Waals surface area contributed by atoms with Gasteiger partial charge in [0.25, 0.3) is 0 Å². The van der Waals surface area contributed by atoms with Crippen molar-refractivity contribution in [2.75, 3.05) is 12.3 Å². The zero-order valence-electron chi connectivity index (χ0n) is 16.5. The monoisotopic (exact) mass is 361 g/mol. The predicted octanol–water partition coefficient (Wildman–Crippen LogP) is 1.91. The van der Waals surface area contributed by atoms with Crippen molar-refractivity contribution in [2.45, 2.75) is 78.8 Å². The van der Waals surface area contributed by atoms with Crippen LogP contribution < -0.4 is 5.73 Å². The molecule has 0 amide bonds. The third-order valence-electron chi connectivity index (χ3n) is 5.34. The third kappa shape index (κ3) is 3.91. The zero-order valence-corrected chi connectivity index (χ0v) is 16.5. The third-order valence-corrected chi connectivity index (χ3v) is 5.34. The van der Waals surface area contributed by atoms with Crippen molar-refractivity contribution < 1.29 is 4.52 Å². The molecule has 0 aromatic carbocycles. The van der Waals surface area contributed by atoms with E-state index in [4.69, 9.17) is 10.3 Å². The highest BCUT2D eigenvalue weighted by Gasteiger charge is 2.25. The summed E-state index contributed by atoms with van der Waals surface area (Å²) in [6, 6.07) is 1.72. The fourth-order valence-corrected chi connectivity index (χ4v) is 3.64.